The van der Waals surface area contributed by atoms with Crippen LogP contribution in [0.2, 0.25) is 0 Å². The monoisotopic (exact) mass is 421 g/mol. The molecule has 2 nitrogen and oxygen atoms in total. The Balaban J connectivity index is 1.68. The van der Waals surface area contributed by atoms with Gasteiger partial charge < -0.3 is 5.11 Å². The number of rotatable bonds is 5. The minimum atomic E-state index is 0.279. The highest BCUT2D eigenvalue weighted by Crippen LogP contribution is 2.41. The number of benzene rings is 3. The molecule has 0 radical (unpaired) electrons. The summed E-state index contributed by atoms with van der Waals surface area (Å²) >= 11 is 0. The first-order valence-corrected chi connectivity index (χ1v) is 11.8. The Hall–Kier alpha value is -3.10. The molecule has 0 amide bonds. The molecular weight excluding hydrogens is 390 g/mol. The minimum Gasteiger partial charge on any atom is -0.508 e. The van der Waals surface area contributed by atoms with Crippen LogP contribution < -0.4 is 0 Å². The Kier molecular flexibility index (Phi) is 5.96. The highest BCUT2D eigenvalue weighted by Gasteiger charge is 2.31. The van der Waals surface area contributed by atoms with E-state index in [4.69, 9.17) is 0 Å². The van der Waals surface area contributed by atoms with E-state index in [1.807, 2.05) is 12.1 Å². The van der Waals surface area contributed by atoms with Crippen molar-refractivity contribution in [2.75, 3.05) is 13.1 Å². The number of likely N-dealkylation sites (tertiary alicyclic amines) is 1. The lowest BCUT2D eigenvalue weighted by Crippen LogP contribution is -2.47. The van der Waals surface area contributed by atoms with Gasteiger partial charge in [-0.2, -0.15) is 0 Å². The molecule has 1 saturated carbocycles. The zero-order valence-electron chi connectivity index (χ0n) is 18.6. The molecule has 32 heavy (non-hydrogen) atoms. The zero-order chi connectivity index (χ0) is 21.9. The first-order valence-electron chi connectivity index (χ1n) is 11.8. The lowest BCUT2D eigenvalue weighted by atomic mass is 9.78. The maximum atomic E-state index is 9.74. The minimum absolute atomic E-state index is 0.279. The fourth-order valence-electron chi connectivity index (χ4n) is 5.24. The van der Waals surface area contributed by atoms with Gasteiger partial charge in [0, 0.05) is 6.04 Å². The fourth-order valence-corrected chi connectivity index (χ4v) is 5.24. The molecule has 1 atom stereocenters. The van der Waals surface area contributed by atoms with E-state index in [-0.39, 0.29) is 5.75 Å². The van der Waals surface area contributed by atoms with Crippen LogP contribution in [-0.4, -0.2) is 29.1 Å². The lowest BCUT2D eigenvalue weighted by molar-refractivity contribution is 0.121. The van der Waals surface area contributed by atoms with Gasteiger partial charge in [-0.25, -0.2) is 0 Å². The van der Waals surface area contributed by atoms with Crippen LogP contribution in [0.25, 0.3) is 11.1 Å². The highest BCUT2D eigenvalue weighted by molar-refractivity contribution is 5.92. The summed E-state index contributed by atoms with van der Waals surface area (Å²) in [5.74, 6) is 0.279. The van der Waals surface area contributed by atoms with Crippen LogP contribution in [0, 0.1) is 0 Å². The molecule has 1 heterocycles. The first kappa shape index (κ1) is 20.8. The van der Waals surface area contributed by atoms with E-state index < -0.39 is 0 Å². The molecule has 0 spiro atoms. The molecule has 2 fully saturated rings. The fraction of sp³-hybridized carbons (Fsp3) is 0.267. The van der Waals surface area contributed by atoms with Gasteiger partial charge in [0.15, 0.2) is 0 Å². The maximum Gasteiger partial charge on any atom is 0.115 e. The number of hydrogen-bond donors (Lipinski definition) is 1. The first-order chi connectivity index (χ1) is 15.7. The van der Waals surface area contributed by atoms with Gasteiger partial charge in [0.25, 0.3) is 0 Å². The van der Waals surface area contributed by atoms with E-state index in [0.29, 0.717) is 6.04 Å². The molecule has 0 aromatic heterocycles. The summed E-state index contributed by atoms with van der Waals surface area (Å²) in [5, 5.41) is 9.74. The predicted molar refractivity (Wildman–Crippen MR) is 134 cm³/mol. The normalized spacial score (nSPS) is 20.4. The zero-order valence-corrected chi connectivity index (χ0v) is 18.6. The third-order valence-electron chi connectivity index (χ3n) is 7.03. The summed E-state index contributed by atoms with van der Waals surface area (Å²) in [7, 11) is 0. The van der Waals surface area contributed by atoms with Gasteiger partial charge in [-0.3, -0.25) is 4.90 Å². The summed E-state index contributed by atoms with van der Waals surface area (Å²) in [6.45, 7) is 6.91. The predicted octanol–water partition coefficient (Wildman–Crippen LogP) is 6.90. The lowest BCUT2D eigenvalue weighted by Gasteiger charge is -2.43. The smallest absolute Gasteiger partial charge is 0.115 e. The third-order valence-corrected chi connectivity index (χ3v) is 7.03. The van der Waals surface area contributed by atoms with Crippen LogP contribution in [0.15, 0.2) is 91.0 Å². The van der Waals surface area contributed by atoms with Crippen LogP contribution in [-0.2, 0) is 0 Å². The number of phenolic OH excluding ortho intramolecular Hbond substituents is 1. The van der Waals surface area contributed by atoms with E-state index in [1.54, 1.807) is 17.7 Å². The van der Waals surface area contributed by atoms with Crippen LogP contribution in [0.1, 0.15) is 54.4 Å². The molecule has 0 bridgehead atoms. The SMILES string of the molecule is C=C(c1ccc(O)cc1)c1ccccc1/C(=C1\CCCCC1N1CCC1)c1ccccc1. The molecule has 1 aliphatic heterocycles. The van der Waals surface area contributed by atoms with Crippen molar-refractivity contribution in [3.8, 4) is 5.75 Å². The van der Waals surface area contributed by atoms with E-state index >= 15 is 0 Å². The molecule has 1 unspecified atom stereocenters. The van der Waals surface area contributed by atoms with Gasteiger partial charge >= 0.3 is 0 Å². The molecule has 1 aliphatic carbocycles. The highest BCUT2D eigenvalue weighted by atomic mass is 16.3. The van der Waals surface area contributed by atoms with Gasteiger partial charge in [-0.1, -0.05) is 79.7 Å². The second kappa shape index (κ2) is 9.18. The van der Waals surface area contributed by atoms with Crippen molar-refractivity contribution in [2.45, 2.75) is 38.1 Å². The number of phenols is 1. The quantitative estimate of drug-likeness (QED) is 0.484. The average molecular weight is 422 g/mol. The van der Waals surface area contributed by atoms with Crippen molar-refractivity contribution >= 4 is 11.1 Å². The van der Waals surface area contributed by atoms with E-state index in [2.05, 4.69) is 66.1 Å². The largest absolute Gasteiger partial charge is 0.508 e. The van der Waals surface area contributed by atoms with Gasteiger partial charge in [-0.15, -0.1) is 0 Å². The summed E-state index contributed by atoms with van der Waals surface area (Å²) in [5.41, 5.74) is 8.73. The summed E-state index contributed by atoms with van der Waals surface area (Å²) < 4.78 is 0. The molecule has 2 aliphatic rings. The molecule has 1 saturated heterocycles. The average Bonchev–Trinajstić information content (AvgIpc) is 2.80. The Morgan fingerprint density at radius 3 is 2.12 bits per heavy atom. The van der Waals surface area contributed by atoms with E-state index in [0.717, 1.165) is 23.1 Å². The molecule has 2 heteroatoms. The van der Waals surface area contributed by atoms with Crippen LogP contribution >= 0.6 is 0 Å². The van der Waals surface area contributed by atoms with E-state index in [9.17, 15) is 5.11 Å². The Morgan fingerprint density at radius 1 is 0.750 bits per heavy atom. The molecular formula is C30H31NO. The van der Waals surface area contributed by atoms with Crippen LogP contribution in [0.4, 0.5) is 0 Å². The number of aromatic hydroxyl groups is 1. The van der Waals surface area contributed by atoms with Gasteiger partial charge in [0.05, 0.1) is 0 Å². The molecule has 3 aromatic rings. The summed E-state index contributed by atoms with van der Waals surface area (Å²) in [4.78, 5) is 2.68. The standard InChI is InChI=1S/C30H31NO/c1-22(23-16-18-25(32)19-17-23)26-12-5-6-13-27(26)30(24-10-3-2-4-11-24)28-14-7-8-15-29(28)31-20-9-21-31/h2-6,10-13,16-19,29,32H,1,7-9,14-15,20-21H2/b30-28+. The Labute approximate surface area is 191 Å². The second-order valence-corrected chi connectivity index (χ2v) is 8.99. The third kappa shape index (κ3) is 4.03. The van der Waals surface area contributed by atoms with Crippen LogP contribution in [0.3, 0.4) is 0 Å². The van der Waals surface area contributed by atoms with Crippen LogP contribution in [0.5, 0.6) is 5.75 Å². The number of nitrogens with zero attached hydrogens (tertiary/aromatic N) is 1. The van der Waals surface area contributed by atoms with E-state index in [1.165, 1.54) is 55.5 Å². The van der Waals surface area contributed by atoms with Gasteiger partial charge in [0.2, 0.25) is 0 Å². The second-order valence-electron chi connectivity index (χ2n) is 8.99. The molecule has 5 rings (SSSR count). The molecule has 3 aromatic carbocycles. The van der Waals surface area contributed by atoms with Gasteiger partial charge in [0.1, 0.15) is 5.75 Å². The summed E-state index contributed by atoms with van der Waals surface area (Å²) in [6.07, 6.45) is 6.31. The topological polar surface area (TPSA) is 23.5 Å². The molecule has 162 valence electrons. The maximum absolute atomic E-state index is 9.74. The van der Waals surface area contributed by atoms with Crippen molar-refractivity contribution in [2.24, 2.45) is 0 Å². The van der Waals surface area contributed by atoms with Gasteiger partial charge in [-0.05, 0) is 89.9 Å². The van der Waals surface area contributed by atoms with Crippen molar-refractivity contribution in [3.05, 3.63) is 113 Å². The van der Waals surface area contributed by atoms with Crippen molar-refractivity contribution in [3.63, 3.8) is 0 Å². The Bertz CT molecular complexity index is 1120. The van der Waals surface area contributed by atoms with Crippen molar-refractivity contribution in [1.82, 2.24) is 4.90 Å². The summed E-state index contributed by atoms with van der Waals surface area (Å²) in [6, 6.07) is 27.5. The van der Waals surface area contributed by atoms with Crippen molar-refractivity contribution < 1.29 is 5.11 Å². The molecule has 1 N–H and O–H groups in total. The number of hydrogen-bond acceptors (Lipinski definition) is 2. The Morgan fingerprint density at radius 2 is 1.44 bits per heavy atom. The van der Waals surface area contributed by atoms with Crippen molar-refractivity contribution in [1.29, 1.82) is 0 Å².